The van der Waals surface area contributed by atoms with Crippen LogP contribution in [0.15, 0.2) is 0 Å². The van der Waals surface area contributed by atoms with Gasteiger partial charge >= 0.3 is 5.71 Å². The van der Waals surface area contributed by atoms with E-state index >= 15 is 0 Å². The molecule has 0 aromatic rings. The molecule has 100 valence electrons. The third-order valence-electron chi connectivity index (χ3n) is 2.34. The Labute approximate surface area is 106 Å². The average Bonchev–Trinajstić information content (AvgIpc) is 2.13. The molecule has 0 aliphatic rings. The first-order chi connectivity index (χ1) is 7.73. The number of hydrogen-bond acceptors (Lipinski definition) is 2. The lowest BCUT2D eigenvalue weighted by Crippen LogP contribution is -2.44. The first-order valence-electron chi connectivity index (χ1n) is 5.15. The fraction of sp³-hybridized carbons (Fsp3) is 0.889. The Morgan fingerprint density at radius 2 is 1.29 bits per heavy atom. The fourth-order valence-electron chi connectivity index (χ4n) is 1.63. The van der Waals surface area contributed by atoms with Crippen LogP contribution in [0.25, 0.3) is 5.53 Å². The van der Waals surface area contributed by atoms with Crippen molar-refractivity contribution in [3.8, 4) is 0 Å². The second kappa shape index (κ2) is 7.13. The monoisotopic (exact) mass is 282 g/mol. The third kappa shape index (κ3) is 4.40. The molecular weight excluding hydrogens is 264 g/mol. The highest BCUT2D eigenvalue weighted by Crippen LogP contribution is 2.18. The summed E-state index contributed by atoms with van der Waals surface area (Å²) in [7, 11) is 0. The van der Waals surface area contributed by atoms with Gasteiger partial charge in [-0.15, -0.1) is 0 Å². The molecule has 0 bridgehead atoms. The number of rotatable bonds is 6. The van der Waals surface area contributed by atoms with Gasteiger partial charge in [0.2, 0.25) is 0 Å². The van der Waals surface area contributed by atoms with Crippen LogP contribution < -0.4 is 0 Å². The Morgan fingerprint density at radius 1 is 1.00 bits per heavy atom. The van der Waals surface area contributed by atoms with Crippen molar-refractivity contribution in [1.82, 2.24) is 0 Å². The number of nitrogens with zero attached hydrogens (tertiary/aromatic N) is 2. The van der Waals surface area contributed by atoms with E-state index in [0.717, 1.165) is 0 Å². The zero-order chi connectivity index (χ0) is 13.7. The van der Waals surface area contributed by atoms with E-state index < -0.39 is 32.7 Å². The van der Waals surface area contributed by atoms with Crippen LogP contribution in [0.3, 0.4) is 0 Å². The highest BCUT2D eigenvalue weighted by atomic mass is 32.2. The maximum Gasteiger partial charge on any atom is 0.305 e. The molecule has 0 fully saturated rings. The summed E-state index contributed by atoms with van der Waals surface area (Å²) >= 11 is -4.51. The van der Waals surface area contributed by atoms with Gasteiger partial charge in [-0.25, -0.2) is 8.42 Å². The topological polar surface area (TPSA) is 111 Å². The second-order valence-electron chi connectivity index (χ2n) is 4.41. The van der Waals surface area contributed by atoms with E-state index in [1.165, 1.54) is 0 Å². The predicted octanol–water partition coefficient (Wildman–Crippen LogP) is 1.15. The van der Waals surface area contributed by atoms with Crippen LogP contribution in [0.1, 0.15) is 27.7 Å². The van der Waals surface area contributed by atoms with E-state index in [-0.39, 0.29) is 17.5 Å². The van der Waals surface area contributed by atoms with E-state index in [1.807, 2.05) is 0 Å². The van der Waals surface area contributed by atoms with Crippen LogP contribution in [0, 0.1) is 11.8 Å². The lowest BCUT2D eigenvalue weighted by atomic mass is 9.97. The van der Waals surface area contributed by atoms with Crippen molar-refractivity contribution in [3.05, 3.63) is 5.53 Å². The van der Waals surface area contributed by atoms with Crippen LogP contribution >= 0.6 is 0 Å². The highest BCUT2D eigenvalue weighted by Gasteiger charge is 2.42. The minimum absolute atomic E-state index is 0.100. The van der Waals surface area contributed by atoms with Crippen molar-refractivity contribution in [1.29, 1.82) is 0 Å². The van der Waals surface area contributed by atoms with Gasteiger partial charge in [-0.3, -0.25) is 0 Å². The maximum absolute atomic E-state index is 11.2. The van der Waals surface area contributed by atoms with Crippen molar-refractivity contribution in [2.24, 2.45) is 11.8 Å². The lowest BCUT2D eigenvalue weighted by Gasteiger charge is -2.19. The van der Waals surface area contributed by atoms with Crippen LogP contribution in [-0.2, 0) is 22.2 Å². The zero-order valence-corrected chi connectivity index (χ0v) is 11.9. The fourth-order valence-corrected chi connectivity index (χ4v) is 3.45. The molecule has 4 unspecified atom stereocenters. The van der Waals surface area contributed by atoms with Crippen molar-refractivity contribution in [3.63, 3.8) is 0 Å². The highest BCUT2D eigenvalue weighted by molar-refractivity contribution is 7.82. The minimum atomic E-state index is -2.25. The summed E-state index contributed by atoms with van der Waals surface area (Å²) in [6.45, 7) is 6.73. The molecular formula is C9H18N2O4S2. The summed E-state index contributed by atoms with van der Waals surface area (Å²) in [5.74, 6) is -0.562. The summed E-state index contributed by atoms with van der Waals surface area (Å²) in [6, 6.07) is 0. The van der Waals surface area contributed by atoms with Gasteiger partial charge < -0.3 is 14.6 Å². The van der Waals surface area contributed by atoms with E-state index in [9.17, 15) is 17.5 Å². The lowest BCUT2D eigenvalue weighted by molar-refractivity contribution is -0.0125. The van der Waals surface area contributed by atoms with Gasteiger partial charge in [0.15, 0.2) is 32.7 Å². The molecule has 2 N–H and O–H groups in total. The molecule has 0 heterocycles. The molecule has 0 radical (unpaired) electrons. The van der Waals surface area contributed by atoms with Gasteiger partial charge in [0.05, 0.1) is 0 Å². The predicted molar refractivity (Wildman–Crippen MR) is 67.4 cm³/mol. The summed E-state index contributed by atoms with van der Waals surface area (Å²) in [6.07, 6.45) is 0. The largest absolute Gasteiger partial charge is 0.361 e. The molecule has 0 saturated carbocycles. The van der Waals surface area contributed by atoms with Gasteiger partial charge in [0, 0.05) is 0 Å². The Bertz CT molecular complexity index is 336. The van der Waals surface area contributed by atoms with E-state index in [2.05, 4.69) is 4.79 Å². The zero-order valence-electron chi connectivity index (χ0n) is 10.2. The molecule has 0 aliphatic carbocycles. The normalized spacial score (nSPS) is 18.6. The molecule has 0 spiro atoms. The Hall–Kier alpha value is -0.400. The van der Waals surface area contributed by atoms with E-state index in [0.29, 0.717) is 0 Å². The quantitative estimate of drug-likeness (QED) is 0.329. The van der Waals surface area contributed by atoms with Crippen molar-refractivity contribution >= 4 is 27.9 Å². The third-order valence-corrected chi connectivity index (χ3v) is 4.78. The molecule has 0 aliphatic heterocycles. The molecule has 0 aromatic heterocycles. The molecule has 0 amide bonds. The van der Waals surface area contributed by atoms with Crippen LogP contribution in [0.2, 0.25) is 0 Å². The van der Waals surface area contributed by atoms with E-state index in [1.54, 1.807) is 27.7 Å². The first kappa shape index (κ1) is 16.6. The molecule has 6 nitrogen and oxygen atoms in total. The minimum Gasteiger partial charge on any atom is -0.361 e. The molecule has 4 atom stereocenters. The molecule has 8 heteroatoms. The van der Waals surface area contributed by atoms with Crippen LogP contribution in [0.4, 0.5) is 0 Å². The molecule has 0 rings (SSSR count). The smallest absolute Gasteiger partial charge is 0.305 e. The van der Waals surface area contributed by atoms with Crippen molar-refractivity contribution < 1.29 is 22.3 Å². The maximum atomic E-state index is 11.2. The van der Waals surface area contributed by atoms with Gasteiger partial charge in [-0.1, -0.05) is 27.7 Å². The van der Waals surface area contributed by atoms with E-state index in [4.69, 9.17) is 5.53 Å². The van der Waals surface area contributed by atoms with Gasteiger partial charge in [0.1, 0.15) is 0 Å². The molecule has 17 heavy (non-hydrogen) atoms. The molecule has 0 aromatic carbocycles. The Morgan fingerprint density at radius 3 is 1.41 bits per heavy atom. The standard InChI is InChI=1S/C9H18N2O4S2/c1-5(2)8(16(12)13)7(11-10)9(6(3)4)17(14)15/h5-6,8-9H,1-4H3,(H,12,13)(H,14,15). The van der Waals surface area contributed by atoms with Gasteiger partial charge in [-0.2, -0.15) is 4.79 Å². The summed E-state index contributed by atoms with van der Waals surface area (Å²) < 4.78 is 40.9. The van der Waals surface area contributed by atoms with Crippen LogP contribution in [0.5, 0.6) is 0 Å². The van der Waals surface area contributed by atoms with Gasteiger partial charge in [-0.05, 0) is 11.8 Å². The summed E-state index contributed by atoms with van der Waals surface area (Å²) in [4.78, 5) is 2.98. The summed E-state index contributed by atoms with van der Waals surface area (Å²) in [5.41, 5.74) is 8.86. The number of hydrogen-bond donors (Lipinski definition) is 2. The van der Waals surface area contributed by atoms with Gasteiger partial charge in [0.25, 0.3) is 0 Å². The second-order valence-corrected chi connectivity index (χ2v) is 6.53. The Balaban J connectivity index is 5.52. The average molecular weight is 282 g/mol. The summed E-state index contributed by atoms with van der Waals surface area (Å²) in [5, 5.41) is -1.91. The van der Waals surface area contributed by atoms with Crippen molar-refractivity contribution in [2.45, 2.75) is 38.2 Å². The van der Waals surface area contributed by atoms with Crippen LogP contribution in [-0.4, -0.2) is 38.5 Å². The SMILES string of the molecule is CC(C)C(C(=[N+]=[N-])C(C(C)C)S(=O)O)S(=O)O. The van der Waals surface area contributed by atoms with Crippen molar-refractivity contribution in [2.75, 3.05) is 0 Å². The Kier molecular flexibility index (Phi) is 6.96. The first-order valence-corrected chi connectivity index (χ1v) is 7.49. The molecule has 0 saturated heterocycles.